The van der Waals surface area contributed by atoms with Crippen LogP contribution in [0.15, 0.2) is 0 Å². The van der Waals surface area contributed by atoms with E-state index >= 15 is 0 Å². The lowest BCUT2D eigenvalue weighted by Gasteiger charge is -2.11. The zero-order valence-corrected chi connectivity index (χ0v) is 13.3. The van der Waals surface area contributed by atoms with E-state index < -0.39 is 0 Å². The predicted octanol–water partition coefficient (Wildman–Crippen LogP) is 3.87. The van der Waals surface area contributed by atoms with Gasteiger partial charge in [0, 0.05) is 6.42 Å². The van der Waals surface area contributed by atoms with Crippen LogP contribution in [0.1, 0.15) is 72.1 Å². The van der Waals surface area contributed by atoms with E-state index in [2.05, 4.69) is 6.92 Å². The lowest BCUT2D eigenvalue weighted by atomic mass is 10.0. The SMILES string of the molecule is CCCCCC(C)C(=O)OCCCCOC(=O)CCC. The number of carbonyl (C=O) groups is 2. The van der Waals surface area contributed by atoms with Crippen LogP contribution in [-0.4, -0.2) is 25.2 Å². The van der Waals surface area contributed by atoms with Crippen LogP contribution in [-0.2, 0) is 19.1 Å². The number of rotatable bonds is 12. The van der Waals surface area contributed by atoms with E-state index in [1.807, 2.05) is 13.8 Å². The van der Waals surface area contributed by atoms with Crippen LogP contribution < -0.4 is 0 Å². The summed E-state index contributed by atoms with van der Waals surface area (Å²) in [5.74, 6) is -0.262. The molecule has 0 aliphatic carbocycles. The van der Waals surface area contributed by atoms with Crippen LogP contribution in [0.5, 0.6) is 0 Å². The molecule has 20 heavy (non-hydrogen) atoms. The van der Waals surface area contributed by atoms with Gasteiger partial charge in [0.2, 0.25) is 0 Å². The molecular formula is C16H30O4. The number of hydrogen-bond donors (Lipinski definition) is 0. The smallest absolute Gasteiger partial charge is 0.308 e. The maximum absolute atomic E-state index is 11.7. The Morgan fingerprint density at radius 3 is 2.15 bits per heavy atom. The minimum absolute atomic E-state index is 0.0102. The monoisotopic (exact) mass is 286 g/mol. The molecule has 4 nitrogen and oxygen atoms in total. The quantitative estimate of drug-likeness (QED) is 0.404. The van der Waals surface area contributed by atoms with Gasteiger partial charge < -0.3 is 9.47 Å². The molecule has 0 amide bonds. The topological polar surface area (TPSA) is 52.6 Å². The van der Waals surface area contributed by atoms with Gasteiger partial charge in [0.05, 0.1) is 19.1 Å². The van der Waals surface area contributed by atoms with Crippen LogP contribution in [0.4, 0.5) is 0 Å². The standard InChI is InChI=1S/C16H30O4/c1-4-6-7-11-14(3)16(18)20-13-9-8-12-19-15(17)10-5-2/h14H,4-13H2,1-3H3. The highest BCUT2D eigenvalue weighted by Gasteiger charge is 2.13. The van der Waals surface area contributed by atoms with Gasteiger partial charge in [0.25, 0.3) is 0 Å². The van der Waals surface area contributed by atoms with Crippen LogP contribution in [0.25, 0.3) is 0 Å². The van der Waals surface area contributed by atoms with Crippen LogP contribution >= 0.6 is 0 Å². The Balaban J connectivity index is 3.45. The van der Waals surface area contributed by atoms with E-state index in [0.29, 0.717) is 19.6 Å². The van der Waals surface area contributed by atoms with Crippen LogP contribution in [0, 0.1) is 5.92 Å². The zero-order chi connectivity index (χ0) is 15.2. The Labute approximate surface area is 123 Å². The molecule has 0 saturated carbocycles. The van der Waals surface area contributed by atoms with Crippen LogP contribution in [0.3, 0.4) is 0 Å². The van der Waals surface area contributed by atoms with Crippen molar-refractivity contribution in [2.75, 3.05) is 13.2 Å². The minimum Gasteiger partial charge on any atom is -0.466 e. The van der Waals surface area contributed by atoms with Gasteiger partial charge in [0.15, 0.2) is 0 Å². The van der Waals surface area contributed by atoms with Gasteiger partial charge in [-0.15, -0.1) is 0 Å². The second-order valence-electron chi connectivity index (χ2n) is 5.24. The van der Waals surface area contributed by atoms with Gasteiger partial charge in [-0.1, -0.05) is 40.0 Å². The molecule has 0 rings (SSSR count). The van der Waals surface area contributed by atoms with E-state index in [-0.39, 0.29) is 17.9 Å². The van der Waals surface area contributed by atoms with Crippen molar-refractivity contribution >= 4 is 11.9 Å². The van der Waals surface area contributed by atoms with Crippen molar-refractivity contribution in [3.63, 3.8) is 0 Å². The molecule has 0 aromatic carbocycles. The summed E-state index contributed by atoms with van der Waals surface area (Å²) in [5.41, 5.74) is 0. The number of unbranched alkanes of at least 4 members (excludes halogenated alkanes) is 3. The summed E-state index contributed by atoms with van der Waals surface area (Å²) in [7, 11) is 0. The highest BCUT2D eigenvalue weighted by atomic mass is 16.5. The third kappa shape index (κ3) is 10.8. The lowest BCUT2D eigenvalue weighted by Crippen LogP contribution is -2.16. The molecule has 0 aliphatic rings. The summed E-state index contributed by atoms with van der Waals surface area (Å²) >= 11 is 0. The Bertz CT molecular complexity index is 263. The molecule has 4 heteroatoms. The summed E-state index contributed by atoms with van der Waals surface area (Å²) in [4.78, 5) is 22.7. The number of hydrogen-bond acceptors (Lipinski definition) is 4. The first-order chi connectivity index (χ1) is 9.61. The average Bonchev–Trinajstić information content (AvgIpc) is 2.42. The highest BCUT2D eigenvalue weighted by Crippen LogP contribution is 2.11. The summed E-state index contributed by atoms with van der Waals surface area (Å²) in [6.45, 7) is 6.86. The molecule has 0 radical (unpaired) electrons. The van der Waals surface area contributed by atoms with Crippen molar-refractivity contribution in [2.45, 2.75) is 72.1 Å². The fourth-order valence-corrected chi connectivity index (χ4v) is 1.80. The summed E-state index contributed by atoms with van der Waals surface area (Å²) in [6, 6.07) is 0. The van der Waals surface area contributed by atoms with Gasteiger partial charge in [0.1, 0.15) is 0 Å². The average molecular weight is 286 g/mol. The molecule has 0 fully saturated rings. The Kier molecular flexibility index (Phi) is 12.3. The molecule has 0 saturated heterocycles. The summed E-state index contributed by atoms with van der Waals surface area (Å²) in [6.07, 6.45) is 7.09. The van der Waals surface area contributed by atoms with Crippen LogP contribution in [0.2, 0.25) is 0 Å². The van der Waals surface area contributed by atoms with E-state index in [9.17, 15) is 9.59 Å². The van der Waals surface area contributed by atoms with Gasteiger partial charge in [-0.2, -0.15) is 0 Å². The first kappa shape index (κ1) is 18.9. The number of ether oxygens (including phenoxy) is 2. The van der Waals surface area contributed by atoms with Crippen molar-refractivity contribution in [2.24, 2.45) is 5.92 Å². The molecule has 0 aliphatic heterocycles. The van der Waals surface area contributed by atoms with E-state index in [4.69, 9.17) is 9.47 Å². The molecule has 1 atom stereocenters. The minimum atomic E-state index is -0.144. The highest BCUT2D eigenvalue weighted by molar-refractivity contribution is 5.71. The fraction of sp³-hybridized carbons (Fsp3) is 0.875. The molecule has 118 valence electrons. The third-order valence-corrected chi connectivity index (χ3v) is 3.14. The van der Waals surface area contributed by atoms with E-state index in [1.165, 1.54) is 12.8 Å². The largest absolute Gasteiger partial charge is 0.466 e. The van der Waals surface area contributed by atoms with E-state index in [0.717, 1.165) is 32.1 Å². The van der Waals surface area contributed by atoms with Gasteiger partial charge in [-0.3, -0.25) is 9.59 Å². The molecule has 0 aromatic rings. The number of esters is 2. The second-order valence-corrected chi connectivity index (χ2v) is 5.24. The van der Waals surface area contributed by atoms with Gasteiger partial charge in [-0.25, -0.2) is 0 Å². The van der Waals surface area contributed by atoms with Crippen molar-refractivity contribution in [1.29, 1.82) is 0 Å². The van der Waals surface area contributed by atoms with Crippen molar-refractivity contribution in [3.8, 4) is 0 Å². The molecule has 0 bridgehead atoms. The molecule has 0 aromatic heterocycles. The maximum Gasteiger partial charge on any atom is 0.308 e. The fourth-order valence-electron chi connectivity index (χ4n) is 1.80. The van der Waals surface area contributed by atoms with Gasteiger partial charge in [-0.05, 0) is 25.7 Å². The molecule has 0 spiro atoms. The summed E-state index contributed by atoms with van der Waals surface area (Å²) < 4.78 is 10.2. The molecular weight excluding hydrogens is 256 g/mol. The first-order valence-electron chi connectivity index (χ1n) is 7.94. The maximum atomic E-state index is 11.7. The van der Waals surface area contributed by atoms with E-state index in [1.54, 1.807) is 0 Å². The first-order valence-corrected chi connectivity index (χ1v) is 7.94. The molecule has 0 N–H and O–H groups in total. The normalized spacial score (nSPS) is 11.9. The predicted molar refractivity (Wildman–Crippen MR) is 79.4 cm³/mol. The lowest BCUT2D eigenvalue weighted by molar-refractivity contribution is -0.149. The van der Waals surface area contributed by atoms with Crippen molar-refractivity contribution in [3.05, 3.63) is 0 Å². The Morgan fingerprint density at radius 1 is 0.900 bits per heavy atom. The van der Waals surface area contributed by atoms with Crippen molar-refractivity contribution < 1.29 is 19.1 Å². The molecule has 0 heterocycles. The number of carbonyl (C=O) groups excluding carboxylic acids is 2. The Hall–Kier alpha value is -1.06. The second kappa shape index (κ2) is 12.9. The summed E-state index contributed by atoms with van der Waals surface area (Å²) in [5, 5.41) is 0. The Morgan fingerprint density at radius 2 is 1.55 bits per heavy atom. The molecule has 1 unspecified atom stereocenters. The third-order valence-electron chi connectivity index (χ3n) is 3.14. The van der Waals surface area contributed by atoms with Gasteiger partial charge >= 0.3 is 11.9 Å². The van der Waals surface area contributed by atoms with Crippen molar-refractivity contribution in [1.82, 2.24) is 0 Å². The zero-order valence-electron chi connectivity index (χ0n) is 13.3.